The molecule has 2 aliphatic heterocycles. The molecule has 2 aliphatic rings. The number of nitrogens with zero attached hydrogens (tertiary/aromatic N) is 4. The molecule has 0 saturated carbocycles. The Morgan fingerprint density at radius 2 is 1.79 bits per heavy atom. The van der Waals surface area contributed by atoms with Gasteiger partial charge in [-0.1, -0.05) is 18.2 Å². The summed E-state index contributed by atoms with van der Waals surface area (Å²) in [5, 5.41) is 7.32. The number of sulfonamides is 1. The van der Waals surface area contributed by atoms with Crippen molar-refractivity contribution >= 4 is 27.5 Å². The van der Waals surface area contributed by atoms with E-state index in [0.717, 1.165) is 17.7 Å². The number of aryl methyl sites for hydroxylation is 1. The summed E-state index contributed by atoms with van der Waals surface area (Å²) in [7, 11) is -3.78. The molecule has 0 bridgehead atoms. The van der Waals surface area contributed by atoms with Gasteiger partial charge in [-0.2, -0.15) is 9.40 Å². The second kappa shape index (κ2) is 9.50. The van der Waals surface area contributed by atoms with Gasteiger partial charge in [0.25, 0.3) is 0 Å². The van der Waals surface area contributed by atoms with Gasteiger partial charge in [-0.15, -0.1) is 0 Å². The first kappa shape index (κ1) is 24.4. The quantitative estimate of drug-likeness (QED) is 0.671. The Hall–Kier alpha value is -2.72. The highest BCUT2D eigenvalue weighted by atomic mass is 32.2. The molecule has 1 aromatic carbocycles. The molecule has 1 fully saturated rings. The van der Waals surface area contributed by atoms with Crippen LogP contribution in [0.25, 0.3) is 0 Å². The predicted octanol–water partition coefficient (Wildman–Crippen LogP) is 2.01. The molecule has 0 spiro atoms. The zero-order valence-electron chi connectivity index (χ0n) is 20.2. The van der Waals surface area contributed by atoms with Gasteiger partial charge in [0.1, 0.15) is 11.4 Å². The number of hydrogen-bond donors (Lipinski definition) is 1. The third kappa shape index (κ3) is 4.61. The fraction of sp³-hybridized carbons (Fsp3) is 0.542. The van der Waals surface area contributed by atoms with E-state index in [9.17, 15) is 18.0 Å². The van der Waals surface area contributed by atoms with Crippen molar-refractivity contribution in [2.45, 2.75) is 64.4 Å². The molecule has 0 unspecified atom stereocenters. The van der Waals surface area contributed by atoms with Gasteiger partial charge in [-0.3, -0.25) is 14.3 Å². The van der Waals surface area contributed by atoms with Crippen LogP contribution in [-0.4, -0.2) is 60.0 Å². The minimum absolute atomic E-state index is 0.0192. The van der Waals surface area contributed by atoms with Crippen LogP contribution < -0.4 is 10.2 Å². The SMILES string of the molecule is Cc1nn(CC(=O)N2CCc3ccccc32)c(C)c1S(=O)(=O)N1CCC(C(=O)NC(C)C)CC1. The number of carbonyl (C=O) groups excluding carboxylic acids is 2. The number of benzene rings is 1. The first-order valence-electron chi connectivity index (χ1n) is 11.8. The van der Waals surface area contributed by atoms with Crippen LogP contribution in [0.2, 0.25) is 0 Å². The predicted molar refractivity (Wildman–Crippen MR) is 129 cm³/mol. The maximum atomic E-state index is 13.5. The molecule has 1 N–H and O–H groups in total. The van der Waals surface area contributed by atoms with Crippen LogP contribution in [0.4, 0.5) is 5.69 Å². The number of piperidine rings is 1. The largest absolute Gasteiger partial charge is 0.354 e. The number of hydrogen-bond acceptors (Lipinski definition) is 5. The van der Waals surface area contributed by atoms with Crippen molar-refractivity contribution in [3.63, 3.8) is 0 Å². The molecule has 2 aromatic rings. The Morgan fingerprint density at radius 3 is 2.47 bits per heavy atom. The Balaban J connectivity index is 1.48. The fourth-order valence-corrected chi connectivity index (χ4v) is 6.75. The minimum atomic E-state index is -3.78. The summed E-state index contributed by atoms with van der Waals surface area (Å²) in [4.78, 5) is 27.3. The van der Waals surface area contributed by atoms with E-state index < -0.39 is 10.0 Å². The number of para-hydroxylation sites is 1. The van der Waals surface area contributed by atoms with Gasteiger partial charge in [0.15, 0.2) is 0 Å². The van der Waals surface area contributed by atoms with E-state index in [1.807, 2.05) is 38.1 Å². The number of nitrogens with one attached hydrogen (secondary N) is 1. The van der Waals surface area contributed by atoms with Crippen molar-refractivity contribution in [1.82, 2.24) is 19.4 Å². The zero-order valence-corrected chi connectivity index (χ0v) is 21.1. The summed E-state index contributed by atoms with van der Waals surface area (Å²) < 4.78 is 29.9. The second-order valence-electron chi connectivity index (χ2n) is 9.42. The lowest BCUT2D eigenvalue weighted by atomic mass is 9.97. The third-order valence-electron chi connectivity index (χ3n) is 6.64. The molecular formula is C24H33N5O4S. The molecule has 0 aliphatic carbocycles. The molecule has 0 atom stereocenters. The minimum Gasteiger partial charge on any atom is -0.354 e. The van der Waals surface area contributed by atoms with Gasteiger partial charge in [0.05, 0.1) is 11.4 Å². The van der Waals surface area contributed by atoms with Crippen LogP contribution >= 0.6 is 0 Å². The average molecular weight is 488 g/mol. The fourth-order valence-electron chi connectivity index (χ4n) is 4.91. The second-order valence-corrected chi connectivity index (χ2v) is 11.3. The van der Waals surface area contributed by atoms with E-state index in [4.69, 9.17) is 0 Å². The maximum absolute atomic E-state index is 13.5. The highest BCUT2D eigenvalue weighted by Crippen LogP contribution is 2.30. The molecule has 0 radical (unpaired) electrons. The van der Waals surface area contributed by atoms with Crippen LogP contribution in [0.1, 0.15) is 43.6 Å². The van der Waals surface area contributed by atoms with Gasteiger partial charge >= 0.3 is 0 Å². The monoisotopic (exact) mass is 487 g/mol. The molecule has 3 heterocycles. The van der Waals surface area contributed by atoms with Crippen molar-refractivity contribution in [1.29, 1.82) is 0 Å². The van der Waals surface area contributed by atoms with Crippen molar-refractivity contribution in [2.24, 2.45) is 5.92 Å². The Kier molecular flexibility index (Phi) is 6.82. The smallest absolute Gasteiger partial charge is 0.248 e. The molecule has 1 saturated heterocycles. The molecule has 34 heavy (non-hydrogen) atoms. The van der Waals surface area contributed by atoms with Gasteiger partial charge in [-0.05, 0) is 58.6 Å². The van der Waals surface area contributed by atoms with Crippen LogP contribution in [0.5, 0.6) is 0 Å². The lowest BCUT2D eigenvalue weighted by molar-refractivity contribution is -0.126. The van der Waals surface area contributed by atoms with Crippen LogP contribution in [0.15, 0.2) is 29.2 Å². The van der Waals surface area contributed by atoms with E-state index >= 15 is 0 Å². The molecular weight excluding hydrogens is 454 g/mol. The van der Waals surface area contributed by atoms with E-state index in [2.05, 4.69) is 10.4 Å². The summed E-state index contributed by atoms with van der Waals surface area (Å²) in [5.74, 6) is -0.314. The first-order valence-corrected chi connectivity index (χ1v) is 13.3. The van der Waals surface area contributed by atoms with E-state index in [0.29, 0.717) is 30.8 Å². The average Bonchev–Trinajstić information content (AvgIpc) is 3.34. The Bertz CT molecular complexity index is 1200. The molecule has 4 rings (SSSR count). The first-order chi connectivity index (χ1) is 16.1. The molecule has 184 valence electrons. The van der Waals surface area contributed by atoms with Gasteiger partial charge in [-0.25, -0.2) is 8.42 Å². The van der Waals surface area contributed by atoms with Crippen molar-refractivity contribution in [3.05, 3.63) is 41.2 Å². The normalized spacial score (nSPS) is 17.3. The van der Waals surface area contributed by atoms with Gasteiger partial charge in [0, 0.05) is 37.3 Å². The van der Waals surface area contributed by atoms with E-state index in [-0.39, 0.29) is 48.3 Å². The number of aromatic nitrogens is 2. The highest BCUT2D eigenvalue weighted by molar-refractivity contribution is 7.89. The third-order valence-corrected chi connectivity index (χ3v) is 8.79. The van der Waals surface area contributed by atoms with Crippen molar-refractivity contribution < 1.29 is 18.0 Å². The number of rotatable bonds is 6. The number of carbonyl (C=O) groups is 2. The van der Waals surface area contributed by atoms with Crippen molar-refractivity contribution in [2.75, 3.05) is 24.5 Å². The summed E-state index contributed by atoms with van der Waals surface area (Å²) in [6.45, 7) is 8.34. The maximum Gasteiger partial charge on any atom is 0.248 e. The number of fused-ring (bicyclic) bond motifs is 1. The van der Waals surface area contributed by atoms with E-state index in [1.54, 1.807) is 18.7 Å². The van der Waals surface area contributed by atoms with Gasteiger partial charge in [0.2, 0.25) is 21.8 Å². The van der Waals surface area contributed by atoms with E-state index in [1.165, 1.54) is 8.99 Å². The summed E-state index contributed by atoms with van der Waals surface area (Å²) >= 11 is 0. The van der Waals surface area contributed by atoms with Crippen LogP contribution in [0.3, 0.4) is 0 Å². The van der Waals surface area contributed by atoms with Gasteiger partial charge < -0.3 is 10.2 Å². The molecule has 10 heteroatoms. The summed E-state index contributed by atoms with van der Waals surface area (Å²) in [6.07, 6.45) is 1.78. The lowest BCUT2D eigenvalue weighted by Gasteiger charge is -2.31. The van der Waals surface area contributed by atoms with Crippen LogP contribution in [-0.2, 0) is 32.6 Å². The lowest BCUT2D eigenvalue weighted by Crippen LogP contribution is -2.44. The Labute approximate surface area is 201 Å². The molecule has 1 aromatic heterocycles. The number of anilines is 1. The highest BCUT2D eigenvalue weighted by Gasteiger charge is 2.36. The molecule has 9 nitrogen and oxygen atoms in total. The molecule has 2 amide bonds. The topological polar surface area (TPSA) is 105 Å². The van der Waals surface area contributed by atoms with Crippen molar-refractivity contribution in [3.8, 4) is 0 Å². The number of amides is 2. The van der Waals surface area contributed by atoms with Crippen LogP contribution in [0, 0.1) is 19.8 Å². The zero-order chi connectivity index (χ0) is 24.6. The summed E-state index contributed by atoms with van der Waals surface area (Å²) in [5.41, 5.74) is 2.88. The standard InChI is InChI=1S/C24H33N5O4S/c1-16(2)25-24(31)20-9-12-27(13-10-20)34(32,33)23-17(3)26-29(18(23)4)15-22(30)28-14-11-19-7-5-6-8-21(19)28/h5-8,16,20H,9-15H2,1-4H3,(H,25,31). The Morgan fingerprint density at radius 1 is 1.12 bits per heavy atom. The summed E-state index contributed by atoms with van der Waals surface area (Å²) in [6, 6.07) is 7.88.